The van der Waals surface area contributed by atoms with Gasteiger partial charge in [0.25, 0.3) is 15.9 Å². The lowest BCUT2D eigenvalue weighted by Gasteiger charge is -2.37. The van der Waals surface area contributed by atoms with Crippen LogP contribution in [0.15, 0.2) is 53.4 Å². The molecule has 8 nitrogen and oxygen atoms in total. The van der Waals surface area contributed by atoms with Gasteiger partial charge in [0.1, 0.15) is 11.9 Å². The summed E-state index contributed by atoms with van der Waals surface area (Å²) >= 11 is 0. The molecule has 0 aliphatic carbocycles. The Labute approximate surface area is 189 Å². The fourth-order valence-corrected chi connectivity index (χ4v) is 4.75. The van der Waals surface area contributed by atoms with Crippen LogP contribution in [0.5, 0.6) is 5.75 Å². The lowest BCUT2D eigenvalue weighted by molar-refractivity contribution is 0.0363. The van der Waals surface area contributed by atoms with Gasteiger partial charge >= 0.3 is 0 Å². The molecular formula is C23H31N3O5S. The molecule has 1 aliphatic rings. The first-order chi connectivity index (χ1) is 15.1. The molecule has 2 N–H and O–H groups in total. The minimum atomic E-state index is -3.81. The fourth-order valence-electron chi connectivity index (χ4n) is 3.68. The standard InChI is InChI=1S/C23H31N3O5S/c1-16-13-26(17(2)15-27)23(28)20-12-18(10-11-21(20)31-22(16)14-25(3)4)24-32(29,30)19-8-6-5-7-9-19/h5-12,16-17,22,24,27H,13-15H2,1-4H3/t16-,17+,22-/m1/s1. The van der Waals surface area contributed by atoms with Crippen LogP contribution in [0.2, 0.25) is 0 Å². The van der Waals surface area contributed by atoms with Gasteiger partial charge in [-0.3, -0.25) is 9.52 Å². The number of hydrogen-bond acceptors (Lipinski definition) is 6. The third-order valence-electron chi connectivity index (χ3n) is 5.52. The van der Waals surface area contributed by atoms with Gasteiger partial charge in [0.2, 0.25) is 0 Å². The van der Waals surface area contributed by atoms with E-state index in [1.54, 1.807) is 42.2 Å². The first-order valence-corrected chi connectivity index (χ1v) is 12.1. The number of rotatable bonds is 7. The maximum absolute atomic E-state index is 13.4. The van der Waals surface area contributed by atoms with Crippen LogP contribution >= 0.6 is 0 Å². The molecule has 0 aromatic heterocycles. The van der Waals surface area contributed by atoms with Gasteiger partial charge in [-0.15, -0.1) is 0 Å². The van der Waals surface area contributed by atoms with E-state index in [4.69, 9.17) is 4.74 Å². The first-order valence-electron chi connectivity index (χ1n) is 10.6. The number of ether oxygens (including phenoxy) is 1. The number of aliphatic hydroxyl groups excluding tert-OH is 1. The van der Waals surface area contributed by atoms with Gasteiger partial charge in [-0.25, -0.2) is 8.42 Å². The van der Waals surface area contributed by atoms with Gasteiger partial charge in [-0.2, -0.15) is 0 Å². The van der Waals surface area contributed by atoms with Gasteiger partial charge in [-0.1, -0.05) is 25.1 Å². The lowest BCUT2D eigenvalue weighted by Crippen LogP contribution is -2.49. The van der Waals surface area contributed by atoms with Crippen molar-refractivity contribution in [1.82, 2.24) is 9.80 Å². The van der Waals surface area contributed by atoms with Crippen molar-refractivity contribution in [1.29, 1.82) is 0 Å². The Morgan fingerprint density at radius 3 is 2.53 bits per heavy atom. The van der Waals surface area contributed by atoms with E-state index in [1.165, 1.54) is 18.2 Å². The molecule has 0 spiro atoms. The third kappa shape index (κ3) is 5.40. The van der Waals surface area contributed by atoms with Crippen LogP contribution < -0.4 is 9.46 Å². The molecule has 2 aromatic carbocycles. The summed E-state index contributed by atoms with van der Waals surface area (Å²) in [6.07, 6.45) is -0.183. The Morgan fingerprint density at radius 2 is 1.91 bits per heavy atom. The second-order valence-electron chi connectivity index (χ2n) is 8.51. The summed E-state index contributed by atoms with van der Waals surface area (Å²) in [5.41, 5.74) is 0.521. The van der Waals surface area contributed by atoms with Crippen LogP contribution in [0, 0.1) is 5.92 Å². The normalized spacial score (nSPS) is 20.2. The van der Waals surface area contributed by atoms with E-state index >= 15 is 0 Å². The van der Waals surface area contributed by atoms with E-state index in [1.807, 2.05) is 25.9 Å². The molecule has 0 fully saturated rings. The maximum atomic E-state index is 13.4. The zero-order chi connectivity index (χ0) is 23.5. The monoisotopic (exact) mass is 461 g/mol. The van der Waals surface area contributed by atoms with Crippen molar-refractivity contribution >= 4 is 21.6 Å². The number of hydrogen-bond donors (Lipinski definition) is 2. The molecule has 0 radical (unpaired) electrons. The van der Waals surface area contributed by atoms with Crippen molar-refractivity contribution in [3.63, 3.8) is 0 Å². The largest absolute Gasteiger partial charge is 0.488 e. The minimum Gasteiger partial charge on any atom is -0.488 e. The average Bonchev–Trinajstić information content (AvgIpc) is 2.76. The van der Waals surface area contributed by atoms with Gasteiger partial charge in [0, 0.05) is 24.7 Å². The summed E-state index contributed by atoms with van der Waals surface area (Å²) in [7, 11) is 0.104. The highest BCUT2D eigenvalue weighted by Crippen LogP contribution is 2.31. The highest BCUT2D eigenvalue weighted by molar-refractivity contribution is 7.92. The van der Waals surface area contributed by atoms with Gasteiger partial charge in [-0.05, 0) is 51.4 Å². The number of likely N-dealkylation sites (N-methyl/N-ethyl adjacent to an activating group) is 1. The number of anilines is 1. The highest BCUT2D eigenvalue weighted by atomic mass is 32.2. The highest BCUT2D eigenvalue weighted by Gasteiger charge is 2.33. The molecular weight excluding hydrogens is 430 g/mol. The van der Waals surface area contributed by atoms with Crippen molar-refractivity contribution in [2.45, 2.75) is 30.9 Å². The average molecular weight is 462 g/mol. The topological polar surface area (TPSA) is 99.2 Å². The van der Waals surface area contributed by atoms with E-state index in [-0.39, 0.29) is 46.7 Å². The molecule has 3 rings (SSSR count). The summed E-state index contributed by atoms with van der Waals surface area (Å²) in [6.45, 7) is 4.70. The van der Waals surface area contributed by atoms with E-state index in [0.717, 1.165) is 0 Å². The molecule has 174 valence electrons. The van der Waals surface area contributed by atoms with Crippen LogP contribution in [-0.2, 0) is 10.0 Å². The Bertz CT molecular complexity index is 1040. The molecule has 2 aromatic rings. The SMILES string of the molecule is C[C@@H]1CN([C@@H](C)CO)C(=O)c2cc(NS(=O)(=O)c3ccccc3)ccc2O[C@@H]1CN(C)C. The summed E-state index contributed by atoms with van der Waals surface area (Å²) in [6, 6.07) is 12.4. The fraction of sp³-hybridized carbons (Fsp3) is 0.435. The molecule has 0 saturated carbocycles. The smallest absolute Gasteiger partial charge is 0.261 e. The van der Waals surface area contributed by atoms with E-state index < -0.39 is 10.0 Å². The summed E-state index contributed by atoms with van der Waals surface area (Å²) < 4.78 is 34.2. The summed E-state index contributed by atoms with van der Waals surface area (Å²) in [4.78, 5) is 17.2. The molecule has 1 amide bonds. The second kappa shape index (κ2) is 9.89. The molecule has 1 heterocycles. The van der Waals surface area contributed by atoms with Crippen LogP contribution in [-0.4, -0.2) is 75.2 Å². The number of sulfonamides is 1. The zero-order valence-corrected chi connectivity index (χ0v) is 19.7. The predicted octanol–water partition coefficient (Wildman–Crippen LogP) is 2.27. The van der Waals surface area contributed by atoms with Crippen LogP contribution in [0.25, 0.3) is 0 Å². The number of aliphatic hydroxyl groups is 1. The number of carbonyl (C=O) groups is 1. The quantitative estimate of drug-likeness (QED) is 0.656. The number of nitrogens with zero attached hydrogens (tertiary/aromatic N) is 2. The van der Waals surface area contributed by atoms with Crippen LogP contribution in [0.4, 0.5) is 5.69 Å². The maximum Gasteiger partial charge on any atom is 0.261 e. The Balaban J connectivity index is 2.00. The Hall–Kier alpha value is -2.62. The van der Waals surface area contributed by atoms with Gasteiger partial charge < -0.3 is 19.6 Å². The molecule has 32 heavy (non-hydrogen) atoms. The number of carbonyl (C=O) groups excluding carboxylic acids is 1. The Morgan fingerprint density at radius 1 is 1.22 bits per heavy atom. The number of fused-ring (bicyclic) bond motifs is 1. The van der Waals surface area contributed by atoms with Crippen molar-refractivity contribution in [2.75, 3.05) is 38.5 Å². The zero-order valence-electron chi connectivity index (χ0n) is 18.9. The van der Waals surface area contributed by atoms with Crippen LogP contribution in [0.1, 0.15) is 24.2 Å². The van der Waals surface area contributed by atoms with Crippen molar-refractivity contribution in [2.24, 2.45) is 5.92 Å². The number of benzene rings is 2. The first kappa shape index (κ1) is 24.0. The van der Waals surface area contributed by atoms with Gasteiger partial charge in [0.05, 0.1) is 23.1 Å². The van der Waals surface area contributed by atoms with Crippen molar-refractivity contribution in [3.05, 3.63) is 54.1 Å². The van der Waals surface area contributed by atoms with Gasteiger partial charge in [0.15, 0.2) is 0 Å². The molecule has 0 saturated heterocycles. The van der Waals surface area contributed by atoms with Crippen LogP contribution in [0.3, 0.4) is 0 Å². The molecule has 1 aliphatic heterocycles. The Kier molecular flexibility index (Phi) is 7.43. The van der Waals surface area contributed by atoms with Crippen molar-refractivity contribution in [3.8, 4) is 5.75 Å². The summed E-state index contributed by atoms with van der Waals surface area (Å²) in [5, 5.41) is 9.72. The minimum absolute atomic E-state index is 0.0276. The van der Waals surface area contributed by atoms with Crippen molar-refractivity contribution < 1.29 is 23.1 Å². The predicted molar refractivity (Wildman–Crippen MR) is 123 cm³/mol. The molecule has 0 unspecified atom stereocenters. The molecule has 9 heteroatoms. The third-order valence-corrected chi connectivity index (χ3v) is 6.91. The number of nitrogens with one attached hydrogen (secondary N) is 1. The molecule has 3 atom stereocenters. The summed E-state index contributed by atoms with van der Waals surface area (Å²) in [5.74, 6) is 0.114. The lowest BCUT2D eigenvalue weighted by atomic mass is 9.99. The van der Waals surface area contributed by atoms with E-state index in [9.17, 15) is 18.3 Å². The number of amides is 1. The van der Waals surface area contributed by atoms with E-state index in [2.05, 4.69) is 4.72 Å². The van der Waals surface area contributed by atoms with E-state index in [0.29, 0.717) is 18.8 Å². The molecule has 0 bridgehead atoms. The second-order valence-corrected chi connectivity index (χ2v) is 10.2.